The molecule has 0 aromatic heterocycles. The standard InChI is InChI=1S/C10H26O3Si6/c1-14-11-15-16-13-19(3,4)17-12-18(2)10-8-6-5-7-9-10/h5-9,18H,14-17H2,1-4H3. The van der Waals surface area contributed by atoms with Gasteiger partial charge in [-0.15, -0.1) is 0 Å². The van der Waals surface area contributed by atoms with E-state index < -0.39 is 26.2 Å². The van der Waals surface area contributed by atoms with Gasteiger partial charge in [-0.1, -0.05) is 36.9 Å². The van der Waals surface area contributed by atoms with E-state index in [0.717, 1.165) is 0 Å². The lowest BCUT2D eigenvalue weighted by Crippen LogP contribution is -2.46. The molecule has 108 valence electrons. The lowest BCUT2D eigenvalue weighted by Gasteiger charge is -2.24. The van der Waals surface area contributed by atoms with Gasteiger partial charge < -0.3 is 12.3 Å². The molecule has 1 aromatic rings. The molecule has 0 saturated heterocycles. The van der Waals surface area contributed by atoms with E-state index in [9.17, 15) is 0 Å². The second kappa shape index (κ2) is 9.36. The van der Waals surface area contributed by atoms with Crippen LogP contribution in [-0.2, 0) is 12.3 Å². The Kier molecular flexibility index (Phi) is 8.60. The van der Waals surface area contributed by atoms with Gasteiger partial charge >= 0.3 is 0 Å². The molecular weight excluding hydrogens is 337 g/mol. The first-order chi connectivity index (χ1) is 9.05. The van der Waals surface area contributed by atoms with E-state index in [4.69, 9.17) is 12.3 Å². The van der Waals surface area contributed by atoms with Crippen LogP contribution < -0.4 is 5.19 Å². The van der Waals surface area contributed by atoms with Crippen LogP contribution in [0.2, 0.25) is 26.2 Å². The van der Waals surface area contributed by atoms with Crippen LogP contribution in [0.25, 0.3) is 0 Å². The van der Waals surface area contributed by atoms with Crippen molar-refractivity contribution in [1.82, 2.24) is 0 Å². The summed E-state index contributed by atoms with van der Waals surface area (Å²) in [5.41, 5.74) is 0. The second-order valence-corrected chi connectivity index (χ2v) is 24.9. The summed E-state index contributed by atoms with van der Waals surface area (Å²) in [6, 6.07) is 10.7. The molecule has 1 rings (SSSR count). The maximum Gasteiger partial charge on any atom is 0.191 e. The van der Waals surface area contributed by atoms with Gasteiger partial charge in [0.25, 0.3) is 0 Å². The zero-order chi connectivity index (χ0) is 14.1. The third-order valence-corrected chi connectivity index (χ3v) is 24.8. The average Bonchev–Trinajstić information content (AvgIpc) is 2.42. The normalized spacial score (nSPS) is 16.0. The van der Waals surface area contributed by atoms with Gasteiger partial charge in [0.05, 0.1) is 0 Å². The highest BCUT2D eigenvalue weighted by molar-refractivity contribution is 7.21. The topological polar surface area (TPSA) is 27.7 Å². The summed E-state index contributed by atoms with van der Waals surface area (Å²) in [5.74, 6) is 0. The molecule has 9 heteroatoms. The van der Waals surface area contributed by atoms with Crippen LogP contribution in [0, 0.1) is 0 Å². The third kappa shape index (κ3) is 7.67. The van der Waals surface area contributed by atoms with Gasteiger partial charge in [0.1, 0.15) is 9.76 Å². The Labute approximate surface area is 128 Å². The molecule has 0 heterocycles. The number of rotatable bonds is 9. The van der Waals surface area contributed by atoms with Crippen LogP contribution in [0.15, 0.2) is 30.3 Å². The highest BCUT2D eigenvalue weighted by Gasteiger charge is 2.24. The van der Waals surface area contributed by atoms with Crippen molar-refractivity contribution in [3.8, 4) is 0 Å². The molecule has 0 amide bonds. The monoisotopic (exact) mass is 362 g/mol. The van der Waals surface area contributed by atoms with E-state index in [1.807, 2.05) is 0 Å². The summed E-state index contributed by atoms with van der Waals surface area (Å²) in [5, 5.41) is 1.41. The fraction of sp³-hybridized carbons (Fsp3) is 0.400. The molecule has 0 spiro atoms. The predicted molar refractivity (Wildman–Crippen MR) is 99.9 cm³/mol. The molecule has 1 atom stereocenters. The van der Waals surface area contributed by atoms with Crippen molar-refractivity contribution in [2.24, 2.45) is 0 Å². The van der Waals surface area contributed by atoms with Gasteiger partial charge in [0, 0.05) is 0 Å². The highest BCUT2D eigenvalue weighted by Crippen LogP contribution is 2.02. The van der Waals surface area contributed by atoms with Crippen LogP contribution >= 0.6 is 0 Å². The number of benzene rings is 1. The first kappa shape index (κ1) is 17.5. The minimum Gasteiger partial charge on any atom is -0.466 e. The second-order valence-electron chi connectivity index (χ2n) is 5.17. The minimum atomic E-state index is -1.47. The van der Waals surface area contributed by atoms with Gasteiger partial charge in [0.2, 0.25) is 0 Å². The van der Waals surface area contributed by atoms with Gasteiger partial charge in [-0.05, 0) is 24.8 Å². The summed E-state index contributed by atoms with van der Waals surface area (Å²) in [7, 11) is -3.93. The quantitative estimate of drug-likeness (QED) is 0.387. The summed E-state index contributed by atoms with van der Waals surface area (Å²) in [6.07, 6.45) is 0. The van der Waals surface area contributed by atoms with Gasteiger partial charge in [-0.2, -0.15) is 0 Å². The van der Waals surface area contributed by atoms with Crippen LogP contribution in [0.5, 0.6) is 0 Å². The largest absolute Gasteiger partial charge is 0.466 e. The van der Waals surface area contributed by atoms with Gasteiger partial charge in [-0.3, -0.25) is 0 Å². The Hall–Kier alpha value is 0.401. The molecule has 1 aromatic carbocycles. The smallest absolute Gasteiger partial charge is 0.191 e. The summed E-state index contributed by atoms with van der Waals surface area (Å²) < 4.78 is 18.1. The molecule has 0 aliphatic carbocycles. The first-order valence-electron chi connectivity index (χ1n) is 6.93. The minimum absolute atomic E-state index is 0.191. The van der Waals surface area contributed by atoms with E-state index in [-0.39, 0.29) is 28.3 Å². The van der Waals surface area contributed by atoms with Crippen molar-refractivity contribution in [3.63, 3.8) is 0 Å². The molecule has 0 bridgehead atoms. The van der Waals surface area contributed by atoms with Crippen LogP contribution in [-0.4, -0.2) is 54.5 Å². The number of hydrogen-bond donors (Lipinski definition) is 0. The van der Waals surface area contributed by atoms with Crippen molar-refractivity contribution >= 4 is 59.7 Å². The number of hydrogen-bond acceptors (Lipinski definition) is 3. The molecule has 0 aliphatic heterocycles. The van der Waals surface area contributed by atoms with E-state index >= 15 is 0 Å². The van der Waals surface area contributed by atoms with Crippen LogP contribution in [0.1, 0.15) is 0 Å². The van der Waals surface area contributed by atoms with Crippen LogP contribution in [0.3, 0.4) is 0 Å². The Morgan fingerprint density at radius 3 is 2.42 bits per heavy atom. The molecule has 0 N–H and O–H groups in total. The first-order valence-corrected chi connectivity index (χ1v) is 22.1. The van der Waals surface area contributed by atoms with Gasteiger partial charge in [-0.25, -0.2) is 0 Å². The van der Waals surface area contributed by atoms with E-state index in [1.54, 1.807) is 0 Å². The highest BCUT2D eigenvalue weighted by atomic mass is 29.2. The molecule has 0 aliphatic rings. The Morgan fingerprint density at radius 1 is 1.11 bits per heavy atom. The molecule has 0 radical (unpaired) electrons. The summed E-state index contributed by atoms with van der Waals surface area (Å²) in [4.78, 5) is 0. The molecule has 1 unspecified atom stereocenters. The van der Waals surface area contributed by atoms with Gasteiger partial charge in [0.15, 0.2) is 44.7 Å². The summed E-state index contributed by atoms with van der Waals surface area (Å²) in [6.45, 7) is 9.14. The fourth-order valence-electron chi connectivity index (χ4n) is 1.71. The molecule has 19 heavy (non-hydrogen) atoms. The molecule has 0 fully saturated rings. The van der Waals surface area contributed by atoms with Crippen molar-refractivity contribution in [2.75, 3.05) is 0 Å². The molecule has 3 nitrogen and oxygen atoms in total. The lowest BCUT2D eigenvalue weighted by atomic mass is 10.4. The van der Waals surface area contributed by atoms with Crippen molar-refractivity contribution in [1.29, 1.82) is 0 Å². The molecular formula is C10H26O3Si6. The zero-order valence-corrected chi connectivity index (χ0v) is 20.3. The van der Waals surface area contributed by atoms with E-state index in [0.29, 0.717) is 0 Å². The van der Waals surface area contributed by atoms with E-state index in [2.05, 4.69) is 56.5 Å². The predicted octanol–water partition coefficient (Wildman–Crippen LogP) is -1.70. The Balaban J connectivity index is 2.30. The van der Waals surface area contributed by atoms with Crippen molar-refractivity contribution < 1.29 is 12.3 Å². The van der Waals surface area contributed by atoms with Crippen LogP contribution in [0.4, 0.5) is 0 Å². The fourth-order valence-corrected chi connectivity index (χ4v) is 30.2. The van der Waals surface area contributed by atoms with Crippen molar-refractivity contribution in [3.05, 3.63) is 30.3 Å². The zero-order valence-electron chi connectivity index (χ0n) is 12.5. The SMILES string of the molecule is C[SiH2]O[SiH2][SiH2]O[Si](C)(C)[SiH2]O[SiH](C)c1ccccc1. The van der Waals surface area contributed by atoms with Crippen molar-refractivity contribution in [2.45, 2.75) is 26.2 Å². The average molecular weight is 363 g/mol. The third-order valence-electron chi connectivity index (χ3n) is 2.87. The Morgan fingerprint density at radius 2 is 1.79 bits per heavy atom. The lowest BCUT2D eigenvalue weighted by molar-refractivity contribution is 0.584. The molecule has 0 saturated carbocycles. The maximum atomic E-state index is 6.27. The summed E-state index contributed by atoms with van der Waals surface area (Å²) >= 11 is 0. The Bertz CT molecular complexity index is 350. The maximum absolute atomic E-state index is 6.27. The van der Waals surface area contributed by atoms with E-state index in [1.165, 1.54) is 5.19 Å².